The zero-order chi connectivity index (χ0) is 24.0. The van der Waals surface area contributed by atoms with Crippen molar-refractivity contribution in [3.63, 3.8) is 0 Å². The van der Waals surface area contributed by atoms with E-state index in [1.807, 2.05) is 25.3 Å². The molecule has 10 heteroatoms. The minimum Gasteiger partial charge on any atom is -0.449 e. The van der Waals surface area contributed by atoms with E-state index in [1.165, 1.54) is 6.92 Å². The van der Waals surface area contributed by atoms with Crippen LogP contribution < -0.4 is 10.2 Å². The molecule has 1 aromatic carbocycles. The average Bonchev–Trinajstić information content (AvgIpc) is 2.99. The number of nitrogens with one attached hydrogen (secondary N) is 1. The van der Waals surface area contributed by atoms with Crippen LogP contribution in [-0.4, -0.2) is 35.0 Å². The summed E-state index contributed by atoms with van der Waals surface area (Å²) < 4.78 is 46.3. The summed E-state index contributed by atoms with van der Waals surface area (Å²) in [5.74, 6) is -2.06. The lowest BCUT2D eigenvalue weighted by atomic mass is 10.1. The quantitative estimate of drug-likeness (QED) is 0.706. The molecule has 2 aromatic rings. The number of ether oxygens (including phenoxy) is 1. The molecule has 2 amide bonds. The van der Waals surface area contributed by atoms with E-state index in [4.69, 9.17) is 4.74 Å². The van der Waals surface area contributed by atoms with Crippen LogP contribution in [0, 0.1) is 13.8 Å². The third-order valence-electron chi connectivity index (χ3n) is 5.31. The summed E-state index contributed by atoms with van der Waals surface area (Å²) in [7, 11) is 0. The molecule has 1 aliphatic heterocycles. The summed E-state index contributed by atoms with van der Waals surface area (Å²) >= 11 is 0. The first kappa shape index (κ1) is 23.4. The normalized spacial score (nSPS) is 14.8. The molecule has 0 spiro atoms. The lowest BCUT2D eigenvalue weighted by Crippen LogP contribution is -2.47. The highest BCUT2D eigenvalue weighted by Gasteiger charge is 2.36. The fraction of sp³-hybridized carbons (Fsp3) is 0.409. The number of aryl methyl sites for hydroxylation is 1. The van der Waals surface area contributed by atoms with Gasteiger partial charge in [0, 0.05) is 17.4 Å². The van der Waals surface area contributed by atoms with Crippen LogP contribution in [0.3, 0.4) is 0 Å². The first-order valence-electron chi connectivity index (χ1n) is 10.0. The molecular weight excluding hydrogens is 427 g/mol. The second kappa shape index (κ2) is 8.33. The van der Waals surface area contributed by atoms with Crippen molar-refractivity contribution in [2.75, 3.05) is 16.8 Å². The molecule has 0 fully saturated rings. The van der Waals surface area contributed by atoms with Gasteiger partial charge in [-0.3, -0.25) is 14.5 Å². The van der Waals surface area contributed by atoms with Gasteiger partial charge in [0.15, 0.2) is 6.10 Å². The number of fused-ring (bicyclic) bond motifs is 1. The van der Waals surface area contributed by atoms with Gasteiger partial charge in [0.05, 0.1) is 22.5 Å². The summed E-state index contributed by atoms with van der Waals surface area (Å²) in [6.07, 6.45) is -5.86. The molecule has 0 saturated heterocycles. The smallest absolute Gasteiger partial charge is 0.416 e. The van der Waals surface area contributed by atoms with Gasteiger partial charge in [-0.1, -0.05) is 0 Å². The van der Waals surface area contributed by atoms with E-state index in [2.05, 4.69) is 5.32 Å². The van der Waals surface area contributed by atoms with E-state index in [1.54, 1.807) is 13.0 Å². The summed E-state index contributed by atoms with van der Waals surface area (Å²) in [5.41, 5.74) is 0.898. The Morgan fingerprint density at radius 1 is 1.12 bits per heavy atom. The zero-order valence-electron chi connectivity index (χ0n) is 18.3. The SMILES string of the molecule is Cc1cc(C(=O)O[C@H](C)C(=O)N2CC(=O)Nc3cc(C(F)(F)F)ccc32)c(C)n1C(C)C. The number of esters is 1. The molecule has 0 bridgehead atoms. The molecule has 1 aromatic heterocycles. The van der Waals surface area contributed by atoms with E-state index in [0.717, 1.165) is 28.8 Å². The monoisotopic (exact) mass is 451 g/mol. The maximum absolute atomic E-state index is 13.0. The van der Waals surface area contributed by atoms with Crippen molar-refractivity contribution in [1.29, 1.82) is 0 Å². The zero-order valence-corrected chi connectivity index (χ0v) is 18.3. The summed E-state index contributed by atoms with van der Waals surface area (Å²) in [6.45, 7) is 8.55. The fourth-order valence-electron chi connectivity index (χ4n) is 3.94. The number of alkyl halides is 3. The maximum Gasteiger partial charge on any atom is 0.416 e. The van der Waals surface area contributed by atoms with Gasteiger partial charge in [0.25, 0.3) is 5.91 Å². The molecule has 0 aliphatic carbocycles. The van der Waals surface area contributed by atoms with Gasteiger partial charge in [0.1, 0.15) is 6.54 Å². The molecule has 1 aliphatic rings. The molecule has 1 N–H and O–H groups in total. The van der Waals surface area contributed by atoms with Gasteiger partial charge in [-0.2, -0.15) is 13.2 Å². The largest absolute Gasteiger partial charge is 0.449 e. The van der Waals surface area contributed by atoms with E-state index < -0.39 is 42.2 Å². The molecule has 3 rings (SSSR count). The number of hydrogen-bond acceptors (Lipinski definition) is 4. The van der Waals surface area contributed by atoms with Crippen LogP contribution in [0.5, 0.6) is 0 Å². The Kier molecular flexibility index (Phi) is 6.08. The lowest BCUT2D eigenvalue weighted by Gasteiger charge is -2.31. The van der Waals surface area contributed by atoms with Gasteiger partial charge in [-0.15, -0.1) is 0 Å². The summed E-state index contributed by atoms with van der Waals surface area (Å²) in [6, 6.07) is 4.51. The molecule has 0 radical (unpaired) electrons. The van der Waals surface area contributed by atoms with Crippen LogP contribution in [0.4, 0.5) is 24.5 Å². The first-order chi connectivity index (χ1) is 14.8. The van der Waals surface area contributed by atoms with Crippen molar-refractivity contribution >= 4 is 29.2 Å². The Morgan fingerprint density at radius 3 is 2.34 bits per heavy atom. The van der Waals surface area contributed by atoms with Crippen LogP contribution in [0.25, 0.3) is 0 Å². The van der Waals surface area contributed by atoms with Crippen molar-refractivity contribution in [2.45, 2.75) is 52.9 Å². The highest BCUT2D eigenvalue weighted by molar-refractivity contribution is 6.11. The van der Waals surface area contributed by atoms with Crippen molar-refractivity contribution in [3.05, 3.63) is 46.8 Å². The van der Waals surface area contributed by atoms with Crippen LogP contribution in [0.15, 0.2) is 24.3 Å². The average molecular weight is 451 g/mol. The van der Waals surface area contributed by atoms with E-state index in [-0.39, 0.29) is 17.4 Å². The van der Waals surface area contributed by atoms with Crippen molar-refractivity contribution in [1.82, 2.24) is 4.57 Å². The number of aromatic nitrogens is 1. The minimum atomic E-state index is -4.60. The third kappa shape index (κ3) is 4.35. The first-order valence-corrected chi connectivity index (χ1v) is 10.0. The minimum absolute atomic E-state index is 0.100. The Labute approximate surface area is 183 Å². The second-order valence-corrected chi connectivity index (χ2v) is 8.00. The predicted molar refractivity (Wildman–Crippen MR) is 112 cm³/mol. The molecule has 2 heterocycles. The number of halogens is 3. The van der Waals surface area contributed by atoms with E-state index >= 15 is 0 Å². The van der Waals surface area contributed by atoms with Gasteiger partial charge in [-0.25, -0.2) is 4.79 Å². The summed E-state index contributed by atoms with van der Waals surface area (Å²) in [4.78, 5) is 38.7. The number of benzene rings is 1. The number of amides is 2. The topological polar surface area (TPSA) is 80.6 Å². The maximum atomic E-state index is 13.0. The molecule has 1 atom stereocenters. The van der Waals surface area contributed by atoms with Gasteiger partial charge in [0.2, 0.25) is 5.91 Å². The standard InChI is InChI=1S/C22H24F3N3O4/c1-11(2)28-12(3)8-16(13(28)4)21(31)32-14(5)20(30)27-10-19(29)26-17-9-15(22(23,24)25)6-7-18(17)27/h6-9,11,14H,10H2,1-5H3,(H,26,29)/t14-/m1/s1. The molecular formula is C22H24F3N3O4. The predicted octanol–water partition coefficient (Wildman–Crippen LogP) is 4.24. The second-order valence-electron chi connectivity index (χ2n) is 8.00. The molecule has 172 valence electrons. The Balaban J connectivity index is 1.83. The lowest BCUT2D eigenvalue weighted by molar-refractivity contribution is -0.137. The number of nitrogens with zero attached hydrogens (tertiary/aromatic N) is 2. The fourth-order valence-corrected chi connectivity index (χ4v) is 3.94. The van der Waals surface area contributed by atoms with Crippen LogP contribution in [0.2, 0.25) is 0 Å². The highest BCUT2D eigenvalue weighted by atomic mass is 19.4. The van der Waals surface area contributed by atoms with Crippen molar-refractivity contribution < 1.29 is 32.3 Å². The third-order valence-corrected chi connectivity index (χ3v) is 5.31. The van der Waals surface area contributed by atoms with Crippen molar-refractivity contribution in [3.8, 4) is 0 Å². The number of carbonyl (C=O) groups is 3. The van der Waals surface area contributed by atoms with Gasteiger partial charge in [-0.05, 0) is 58.9 Å². The summed E-state index contributed by atoms with van der Waals surface area (Å²) in [5, 5.41) is 2.35. The van der Waals surface area contributed by atoms with Crippen LogP contribution >= 0.6 is 0 Å². The number of carbonyl (C=O) groups excluding carboxylic acids is 3. The Morgan fingerprint density at radius 2 is 1.78 bits per heavy atom. The Hall–Kier alpha value is -3.30. The van der Waals surface area contributed by atoms with Crippen LogP contribution in [0.1, 0.15) is 54.1 Å². The van der Waals surface area contributed by atoms with E-state index in [0.29, 0.717) is 11.3 Å². The van der Waals surface area contributed by atoms with Crippen LogP contribution in [-0.2, 0) is 20.5 Å². The number of hydrogen-bond donors (Lipinski definition) is 1. The van der Waals surface area contributed by atoms with Gasteiger partial charge < -0.3 is 14.6 Å². The van der Waals surface area contributed by atoms with Gasteiger partial charge >= 0.3 is 12.1 Å². The molecule has 0 unspecified atom stereocenters. The van der Waals surface area contributed by atoms with Crippen molar-refractivity contribution in [2.24, 2.45) is 0 Å². The number of rotatable bonds is 4. The Bertz CT molecular complexity index is 1090. The number of anilines is 2. The van der Waals surface area contributed by atoms with E-state index in [9.17, 15) is 27.6 Å². The molecule has 32 heavy (non-hydrogen) atoms. The molecule has 0 saturated carbocycles. The molecule has 7 nitrogen and oxygen atoms in total. The highest BCUT2D eigenvalue weighted by Crippen LogP contribution is 2.37.